The molecule has 8 heteroatoms. The van der Waals surface area contributed by atoms with Gasteiger partial charge in [0.1, 0.15) is 5.70 Å². The van der Waals surface area contributed by atoms with Crippen LogP contribution in [0, 0.1) is 0 Å². The van der Waals surface area contributed by atoms with E-state index in [4.69, 9.17) is 9.47 Å². The molecule has 0 aliphatic carbocycles. The summed E-state index contributed by atoms with van der Waals surface area (Å²) in [5.41, 5.74) is 2.07. The largest absolute Gasteiger partial charge is 0.493 e. The molecule has 0 aromatic heterocycles. The van der Waals surface area contributed by atoms with Crippen LogP contribution in [0.25, 0.3) is 6.08 Å². The van der Waals surface area contributed by atoms with Gasteiger partial charge in [0, 0.05) is 11.3 Å². The summed E-state index contributed by atoms with van der Waals surface area (Å²) in [5.74, 6) is -0.136. The molecule has 8 nitrogen and oxygen atoms in total. The van der Waals surface area contributed by atoms with Crippen LogP contribution >= 0.6 is 0 Å². The molecule has 2 N–H and O–H groups in total. The molecule has 0 saturated carbocycles. The Kier molecular flexibility index (Phi) is 6.88. The summed E-state index contributed by atoms with van der Waals surface area (Å²) in [6, 6.07) is 22.9. The maximum absolute atomic E-state index is 12.9. The van der Waals surface area contributed by atoms with Gasteiger partial charge in [0.25, 0.3) is 11.8 Å². The van der Waals surface area contributed by atoms with Gasteiger partial charge in [-0.05, 0) is 29.8 Å². The summed E-state index contributed by atoms with van der Waals surface area (Å²) in [7, 11) is 1.48. The molecule has 0 bridgehead atoms. The minimum atomic E-state index is -0.507. The Morgan fingerprint density at radius 2 is 1.68 bits per heavy atom. The Morgan fingerprint density at radius 1 is 0.971 bits per heavy atom. The van der Waals surface area contributed by atoms with Crippen molar-refractivity contribution >= 4 is 29.6 Å². The van der Waals surface area contributed by atoms with Gasteiger partial charge in [-0.3, -0.25) is 14.5 Å². The van der Waals surface area contributed by atoms with Crippen LogP contribution < -0.4 is 20.1 Å². The molecule has 4 rings (SSSR count). The predicted octanol–water partition coefficient (Wildman–Crippen LogP) is 3.81. The number of hydrogen-bond acceptors (Lipinski definition) is 5. The number of nitrogens with zero attached hydrogens (tertiary/aromatic N) is 1. The molecular formula is C26H23N3O5. The number of rotatable bonds is 8. The zero-order chi connectivity index (χ0) is 23.9. The lowest BCUT2D eigenvalue weighted by Crippen LogP contribution is -2.30. The number of methoxy groups -OCH3 is 1. The zero-order valence-electron chi connectivity index (χ0n) is 18.5. The second kappa shape index (κ2) is 10.4. The number of anilines is 1. The van der Waals surface area contributed by atoms with E-state index >= 15 is 0 Å². The topological polar surface area (TPSA) is 97.0 Å². The van der Waals surface area contributed by atoms with Crippen LogP contribution in [-0.4, -0.2) is 36.5 Å². The quantitative estimate of drug-likeness (QED) is 0.396. The summed E-state index contributed by atoms with van der Waals surface area (Å²) >= 11 is 0. The van der Waals surface area contributed by atoms with Gasteiger partial charge in [0.05, 0.1) is 13.7 Å². The molecule has 0 atom stereocenters. The van der Waals surface area contributed by atoms with E-state index in [1.165, 1.54) is 13.2 Å². The van der Waals surface area contributed by atoms with E-state index < -0.39 is 11.9 Å². The van der Waals surface area contributed by atoms with Crippen LogP contribution in [-0.2, 0) is 16.1 Å². The van der Waals surface area contributed by atoms with Crippen molar-refractivity contribution in [2.75, 3.05) is 19.0 Å². The van der Waals surface area contributed by atoms with E-state index in [1.54, 1.807) is 30.3 Å². The van der Waals surface area contributed by atoms with Gasteiger partial charge >= 0.3 is 6.03 Å². The van der Waals surface area contributed by atoms with Crippen LogP contribution in [0.2, 0.25) is 0 Å². The third kappa shape index (κ3) is 5.24. The first kappa shape index (κ1) is 22.6. The molecule has 1 heterocycles. The summed E-state index contributed by atoms with van der Waals surface area (Å²) < 4.78 is 11.1. The van der Waals surface area contributed by atoms with Crippen LogP contribution in [0.5, 0.6) is 11.5 Å². The number of para-hydroxylation sites is 2. The number of carbonyl (C=O) groups is 3. The lowest BCUT2D eigenvalue weighted by molar-refractivity contribution is -0.123. The molecule has 4 amide bonds. The Balaban J connectivity index is 1.52. The number of carbonyl (C=O) groups excluding carboxylic acids is 3. The number of imide groups is 1. The van der Waals surface area contributed by atoms with Crippen molar-refractivity contribution in [3.05, 3.63) is 95.7 Å². The van der Waals surface area contributed by atoms with Gasteiger partial charge in [-0.25, -0.2) is 4.79 Å². The average molecular weight is 457 g/mol. The molecule has 172 valence electrons. The van der Waals surface area contributed by atoms with Gasteiger partial charge in [-0.2, -0.15) is 0 Å². The highest BCUT2D eigenvalue weighted by Crippen LogP contribution is 2.33. The molecule has 0 radical (unpaired) electrons. The number of ether oxygens (including phenoxy) is 2. The monoisotopic (exact) mass is 457 g/mol. The van der Waals surface area contributed by atoms with Gasteiger partial charge in [0.15, 0.2) is 18.1 Å². The Hall–Kier alpha value is -4.59. The molecule has 1 saturated heterocycles. The van der Waals surface area contributed by atoms with Gasteiger partial charge in [-0.1, -0.05) is 60.7 Å². The first-order valence-electron chi connectivity index (χ1n) is 10.6. The highest BCUT2D eigenvalue weighted by atomic mass is 16.5. The highest BCUT2D eigenvalue weighted by Gasteiger charge is 2.33. The number of hydrogen-bond donors (Lipinski definition) is 2. The standard InChI is InChI=1S/C26H23N3O5/c1-33-22-14-8-11-19(24(22)34-17-23(30)27-20-12-6-3-7-13-20)15-21-25(31)29(26(32)28-21)16-18-9-4-2-5-10-18/h2-15H,16-17H2,1H3,(H,27,30)(H,28,32)/b21-15+. The maximum atomic E-state index is 12.9. The summed E-state index contributed by atoms with van der Waals surface area (Å²) in [4.78, 5) is 38.8. The van der Waals surface area contributed by atoms with Crippen molar-refractivity contribution in [2.45, 2.75) is 6.54 Å². The SMILES string of the molecule is COc1cccc(/C=C2/NC(=O)N(Cc3ccccc3)C2=O)c1OCC(=O)Nc1ccccc1. The molecule has 3 aromatic rings. The van der Waals surface area contributed by atoms with E-state index in [0.29, 0.717) is 17.0 Å². The van der Waals surface area contributed by atoms with Gasteiger partial charge in [-0.15, -0.1) is 0 Å². The third-order valence-electron chi connectivity index (χ3n) is 5.08. The van der Waals surface area contributed by atoms with E-state index in [9.17, 15) is 14.4 Å². The summed E-state index contributed by atoms with van der Waals surface area (Å²) in [6.45, 7) is -0.115. The summed E-state index contributed by atoms with van der Waals surface area (Å²) in [5, 5.41) is 5.35. The fraction of sp³-hybridized carbons (Fsp3) is 0.115. The minimum Gasteiger partial charge on any atom is -0.493 e. The van der Waals surface area contributed by atoms with E-state index in [-0.39, 0.29) is 30.5 Å². The number of nitrogens with one attached hydrogen (secondary N) is 2. The Labute approximate surface area is 196 Å². The van der Waals surface area contributed by atoms with Crippen LogP contribution in [0.15, 0.2) is 84.6 Å². The molecule has 1 fully saturated rings. The van der Waals surface area contributed by atoms with Crippen molar-refractivity contribution in [3.8, 4) is 11.5 Å². The molecule has 0 spiro atoms. The second-order valence-corrected chi connectivity index (χ2v) is 7.45. The van der Waals surface area contributed by atoms with E-state index in [0.717, 1.165) is 10.5 Å². The van der Waals surface area contributed by atoms with Crippen LogP contribution in [0.3, 0.4) is 0 Å². The first-order chi connectivity index (χ1) is 16.5. The minimum absolute atomic E-state index is 0.104. The molecule has 34 heavy (non-hydrogen) atoms. The predicted molar refractivity (Wildman–Crippen MR) is 127 cm³/mol. The maximum Gasteiger partial charge on any atom is 0.329 e. The van der Waals surface area contributed by atoms with E-state index in [2.05, 4.69) is 10.6 Å². The lowest BCUT2D eigenvalue weighted by atomic mass is 10.1. The van der Waals surface area contributed by atoms with Gasteiger partial charge in [0.2, 0.25) is 0 Å². The van der Waals surface area contributed by atoms with Crippen LogP contribution in [0.1, 0.15) is 11.1 Å². The smallest absolute Gasteiger partial charge is 0.329 e. The van der Waals surface area contributed by atoms with Crippen molar-refractivity contribution in [1.82, 2.24) is 10.2 Å². The fourth-order valence-electron chi connectivity index (χ4n) is 3.45. The molecular weight excluding hydrogens is 434 g/mol. The number of urea groups is 1. The van der Waals surface area contributed by atoms with Crippen molar-refractivity contribution in [3.63, 3.8) is 0 Å². The Morgan fingerprint density at radius 3 is 2.38 bits per heavy atom. The molecule has 1 aliphatic rings. The van der Waals surface area contributed by atoms with Crippen molar-refractivity contribution in [2.24, 2.45) is 0 Å². The molecule has 3 aromatic carbocycles. The first-order valence-corrected chi connectivity index (χ1v) is 10.6. The number of benzene rings is 3. The molecule has 0 unspecified atom stereocenters. The molecule has 1 aliphatic heterocycles. The van der Waals surface area contributed by atoms with Crippen molar-refractivity contribution < 1.29 is 23.9 Å². The third-order valence-corrected chi connectivity index (χ3v) is 5.08. The zero-order valence-corrected chi connectivity index (χ0v) is 18.5. The van der Waals surface area contributed by atoms with Crippen molar-refractivity contribution in [1.29, 1.82) is 0 Å². The second-order valence-electron chi connectivity index (χ2n) is 7.45. The lowest BCUT2D eigenvalue weighted by Gasteiger charge is -2.14. The van der Waals surface area contributed by atoms with Gasteiger partial charge < -0.3 is 20.1 Å². The Bertz CT molecular complexity index is 1230. The normalized spacial score (nSPS) is 14.1. The van der Waals surface area contributed by atoms with Crippen LogP contribution in [0.4, 0.5) is 10.5 Å². The highest BCUT2D eigenvalue weighted by molar-refractivity contribution is 6.14. The fourth-order valence-corrected chi connectivity index (χ4v) is 3.45. The number of amides is 4. The van der Waals surface area contributed by atoms with E-state index in [1.807, 2.05) is 48.5 Å². The average Bonchev–Trinajstić information content (AvgIpc) is 3.11. The summed E-state index contributed by atoms with van der Waals surface area (Å²) in [6.07, 6.45) is 1.51.